The first-order valence-electron chi connectivity index (χ1n) is 10.2. The molecule has 0 aliphatic heterocycles. The third-order valence-electron chi connectivity index (χ3n) is 5.23. The number of imidazole rings is 1. The van der Waals surface area contributed by atoms with Crippen molar-refractivity contribution in [2.24, 2.45) is 5.92 Å². The largest absolute Gasteiger partial charge is 0.361 e. The fourth-order valence-corrected chi connectivity index (χ4v) is 3.95. The molecule has 0 spiro atoms. The number of benzene rings is 1. The van der Waals surface area contributed by atoms with Gasteiger partial charge >= 0.3 is 0 Å². The smallest absolute Gasteiger partial charge is 0.225 e. The Morgan fingerprint density at radius 1 is 1.21 bits per heavy atom. The first kappa shape index (κ1) is 19.2. The topological polar surface area (TPSA) is 75.6 Å². The van der Waals surface area contributed by atoms with Crippen molar-refractivity contribution in [2.45, 2.75) is 46.2 Å². The molecule has 1 amide bonds. The lowest BCUT2D eigenvalue weighted by Crippen LogP contribution is -2.32. The highest BCUT2D eigenvalue weighted by atomic mass is 16.1. The van der Waals surface area contributed by atoms with Crippen LogP contribution in [0.1, 0.15) is 44.6 Å². The highest BCUT2D eigenvalue weighted by Gasteiger charge is 2.23. The van der Waals surface area contributed by atoms with Crippen LogP contribution in [0, 0.1) is 5.92 Å². The molecule has 150 valence electrons. The third kappa shape index (κ3) is 3.88. The Balaban J connectivity index is 1.61. The number of aryl methyl sites for hydroxylation is 1. The van der Waals surface area contributed by atoms with Gasteiger partial charge in [0, 0.05) is 29.8 Å². The van der Waals surface area contributed by atoms with Gasteiger partial charge in [-0.15, -0.1) is 0 Å². The summed E-state index contributed by atoms with van der Waals surface area (Å²) in [6.07, 6.45) is 4.87. The highest BCUT2D eigenvalue weighted by Crippen LogP contribution is 2.25. The molecule has 4 aromatic rings. The summed E-state index contributed by atoms with van der Waals surface area (Å²) in [5.41, 5.74) is 3.79. The summed E-state index contributed by atoms with van der Waals surface area (Å²) < 4.78 is 2.11. The number of aromatic nitrogens is 4. The molecule has 0 aliphatic carbocycles. The normalized spacial score (nSPS) is 12.7. The van der Waals surface area contributed by atoms with Gasteiger partial charge in [-0.05, 0) is 43.0 Å². The maximum absolute atomic E-state index is 13.0. The van der Waals surface area contributed by atoms with Gasteiger partial charge in [-0.25, -0.2) is 9.97 Å². The van der Waals surface area contributed by atoms with Crippen LogP contribution in [0.4, 0.5) is 0 Å². The Morgan fingerprint density at radius 3 is 2.83 bits per heavy atom. The van der Waals surface area contributed by atoms with Crippen LogP contribution in [0.15, 0.2) is 48.8 Å². The van der Waals surface area contributed by atoms with Crippen molar-refractivity contribution in [1.82, 2.24) is 24.8 Å². The summed E-state index contributed by atoms with van der Waals surface area (Å²) in [6.45, 7) is 7.17. The van der Waals surface area contributed by atoms with Crippen molar-refractivity contribution in [1.29, 1.82) is 0 Å². The first-order valence-corrected chi connectivity index (χ1v) is 10.2. The zero-order valence-electron chi connectivity index (χ0n) is 17.1. The molecule has 1 aromatic carbocycles. The van der Waals surface area contributed by atoms with Gasteiger partial charge in [0.1, 0.15) is 11.3 Å². The second-order valence-corrected chi connectivity index (χ2v) is 7.85. The molecule has 6 heteroatoms. The molecule has 1 atom stereocenters. The second-order valence-electron chi connectivity index (χ2n) is 7.85. The lowest BCUT2D eigenvalue weighted by molar-refractivity contribution is -0.121. The summed E-state index contributed by atoms with van der Waals surface area (Å²) in [7, 11) is 0. The average Bonchev–Trinajstić information content (AvgIpc) is 3.28. The van der Waals surface area contributed by atoms with Gasteiger partial charge in [0.05, 0.1) is 12.5 Å². The number of para-hydroxylation sites is 1. The molecule has 0 saturated heterocycles. The van der Waals surface area contributed by atoms with Crippen LogP contribution in [0.3, 0.4) is 0 Å². The van der Waals surface area contributed by atoms with Crippen LogP contribution in [0.2, 0.25) is 0 Å². The molecule has 6 nitrogen and oxygen atoms in total. The van der Waals surface area contributed by atoms with Gasteiger partial charge in [-0.2, -0.15) is 0 Å². The number of pyridine rings is 1. The van der Waals surface area contributed by atoms with Crippen molar-refractivity contribution < 1.29 is 4.79 Å². The molecule has 4 rings (SSSR count). The van der Waals surface area contributed by atoms with Gasteiger partial charge in [0.15, 0.2) is 5.65 Å². The number of fused-ring (bicyclic) bond motifs is 2. The summed E-state index contributed by atoms with van der Waals surface area (Å²) in [5.74, 6) is 1.30. The minimum absolute atomic E-state index is 0.00284. The number of hydrogen-bond acceptors (Lipinski definition) is 3. The minimum atomic E-state index is -0.151. The fraction of sp³-hybridized carbons (Fsp3) is 0.348. The number of hydrogen-bond donors (Lipinski definition) is 2. The number of aromatic amines is 1. The van der Waals surface area contributed by atoms with Crippen LogP contribution in [-0.4, -0.2) is 25.4 Å². The van der Waals surface area contributed by atoms with E-state index in [4.69, 9.17) is 4.98 Å². The van der Waals surface area contributed by atoms with Crippen molar-refractivity contribution >= 4 is 28.0 Å². The van der Waals surface area contributed by atoms with Crippen molar-refractivity contribution in [3.63, 3.8) is 0 Å². The first-order chi connectivity index (χ1) is 14.1. The molecule has 0 unspecified atom stereocenters. The lowest BCUT2D eigenvalue weighted by atomic mass is 10.0. The van der Waals surface area contributed by atoms with Crippen LogP contribution in [0.25, 0.3) is 22.1 Å². The summed E-state index contributed by atoms with van der Waals surface area (Å²) in [4.78, 5) is 25.5. The molecule has 2 N–H and O–H groups in total. The molecule has 0 fully saturated rings. The Bertz CT molecular complexity index is 1140. The van der Waals surface area contributed by atoms with E-state index in [2.05, 4.69) is 40.6 Å². The number of nitrogens with one attached hydrogen (secondary N) is 2. The molecular weight excluding hydrogens is 362 g/mol. The van der Waals surface area contributed by atoms with E-state index >= 15 is 0 Å². The van der Waals surface area contributed by atoms with Crippen LogP contribution in [-0.2, 0) is 17.8 Å². The molecule has 0 aliphatic rings. The van der Waals surface area contributed by atoms with Crippen molar-refractivity contribution in [3.05, 3.63) is 60.2 Å². The van der Waals surface area contributed by atoms with Crippen LogP contribution >= 0.6 is 0 Å². The summed E-state index contributed by atoms with van der Waals surface area (Å²) >= 11 is 0. The molecule has 29 heavy (non-hydrogen) atoms. The summed E-state index contributed by atoms with van der Waals surface area (Å²) in [5, 5.41) is 4.33. The van der Waals surface area contributed by atoms with E-state index in [9.17, 15) is 4.79 Å². The van der Waals surface area contributed by atoms with Gasteiger partial charge in [-0.3, -0.25) is 4.79 Å². The van der Waals surface area contributed by atoms with Crippen LogP contribution < -0.4 is 5.32 Å². The summed E-state index contributed by atoms with van der Waals surface area (Å²) in [6, 6.07) is 11.8. The molecule has 3 heterocycles. The third-order valence-corrected chi connectivity index (χ3v) is 5.23. The van der Waals surface area contributed by atoms with E-state index in [1.54, 1.807) is 6.20 Å². The van der Waals surface area contributed by atoms with Gasteiger partial charge in [-0.1, -0.05) is 32.0 Å². The lowest BCUT2D eigenvalue weighted by Gasteiger charge is -2.21. The van der Waals surface area contributed by atoms with E-state index in [0.29, 0.717) is 12.3 Å². The Morgan fingerprint density at radius 2 is 2.03 bits per heavy atom. The zero-order valence-corrected chi connectivity index (χ0v) is 17.1. The molecular formula is C23H27N5O. The van der Waals surface area contributed by atoms with E-state index in [-0.39, 0.29) is 11.9 Å². The van der Waals surface area contributed by atoms with Gasteiger partial charge < -0.3 is 14.9 Å². The van der Waals surface area contributed by atoms with Crippen molar-refractivity contribution in [3.8, 4) is 0 Å². The zero-order chi connectivity index (χ0) is 20.4. The fourth-order valence-electron chi connectivity index (χ4n) is 3.95. The van der Waals surface area contributed by atoms with Crippen molar-refractivity contribution in [2.75, 3.05) is 0 Å². The SMILES string of the molecule is CCn1c([C@H](CC(C)C)NC(=O)Cc2c[nH]c3ccccc23)nc2cccnc21. The molecule has 0 bridgehead atoms. The number of amides is 1. The monoisotopic (exact) mass is 389 g/mol. The number of nitrogens with zero attached hydrogens (tertiary/aromatic N) is 3. The Hall–Kier alpha value is -3.15. The number of carbonyl (C=O) groups is 1. The Kier molecular flexibility index (Phi) is 5.34. The minimum Gasteiger partial charge on any atom is -0.361 e. The van der Waals surface area contributed by atoms with E-state index < -0.39 is 0 Å². The van der Waals surface area contributed by atoms with E-state index in [1.165, 1.54) is 0 Å². The highest BCUT2D eigenvalue weighted by molar-refractivity contribution is 5.89. The molecule has 0 radical (unpaired) electrons. The average molecular weight is 390 g/mol. The quantitative estimate of drug-likeness (QED) is 0.492. The number of rotatable bonds is 7. The second kappa shape index (κ2) is 8.07. The predicted molar refractivity (Wildman–Crippen MR) is 116 cm³/mol. The van der Waals surface area contributed by atoms with E-state index in [0.717, 1.165) is 46.4 Å². The maximum Gasteiger partial charge on any atom is 0.225 e. The standard InChI is InChI=1S/C23H27N5O/c1-4-28-22-19(10-7-11-24-22)27-23(28)20(12-15(2)3)26-21(29)13-16-14-25-18-9-6-5-8-17(16)18/h5-11,14-15,20,25H,4,12-13H2,1-3H3,(H,26,29)/t20-/m0/s1. The van der Waals surface area contributed by atoms with Crippen LogP contribution in [0.5, 0.6) is 0 Å². The number of H-pyrrole nitrogens is 1. The van der Waals surface area contributed by atoms with Gasteiger partial charge in [0.2, 0.25) is 5.91 Å². The molecule has 3 aromatic heterocycles. The Labute approximate surface area is 170 Å². The number of carbonyl (C=O) groups excluding carboxylic acids is 1. The predicted octanol–water partition coefficient (Wildman–Crippen LogP) is 4.38. The molecule has 0 saturated carbocycles. The van der Waals surface area contributed by atoms with Gasteiger partial charge in [0.25, 0.3) is 0 Å². The maximum atomic E-state index is 13.0. The van der Waals surface area contributed by atoms with E-state index in [1.807, 2.05) is 42.6 Å².